The van der Waals surface area contributed by atoms with Crippen molar-refractivity contribution in [2.24, 2.45) is 10.9 Å². The van der Waals surface area contributed by atoms with Crippen LogP contribution in [0.1, 0.15) is 31.7 Å². The molecule has 2 N–H and O–H groups in total. The van der Waals surface area contributed by atoms with Crippen LogP contribution in [0, 0.1) is 5.92 Å². The smallest absolute Gasteiger partial charge is 0.191 e. The first-order chi connectivity index (χ1) is 12.5. The Labute approximate surface area is 183 Å². The van der Waals surface area contributed by atoms with Gasteiger partial charge >= 0.3 is 0 Å². The van der Waals surface area contributed by atoms with Crippen molar-refractivity contribution in [1.29, 1.82) is 0 Å². The van der Waals surface area contributed by atoms with E-state index in [0.29, 0.717) is 12.1 Å². The highest BCUT2D eigenvalue weighted by Crippen LogP contribution is 2.34. The number of likely N-dealkylation sites (N-methyl/N-ethyl adjacent to an activating group) is 1. The molecule has 0 amide bonds. The van der Waals surface area contributed by atoms with Gasteiger partial charge in [0.05, 0.1) is 0 Å². The lowest BCUT2D eigenvalue weighted by Crippen LogP contribution is -2.46. The summed E-state index contributed by atoms with van der Waals surface area (Å²) in [5, 5.41) is 6.96. The molecule has 1 aromatic rings. The molecule has 5 nitrogen and oxygen atoms in total. The predicted molar refractivity (Wildman–Crippen MR) is 127 cm³/mol. The molecule has 1 saturated carbocycles. The van der Waals surface area contributed by atoms with E-state index < -0.39 is 0 Å². The zero-order valence-electron chi connectivity index (χ0n) is 17.6. The Hall–Kier alpha value is -0.860. The molecule has 0 aromatic heterocycles. The molecular formula is C21H38IN5. The zero-order chi connectivity index (χ0) is 18.9. The third kappa shape index (κ3) is 8.79. The summed E-state index contributed by atoms with van der Waals surface area (Å²) in [6.45, 7) is 5.16. The number of nitrogens with one attached hydrogen (secondary N) is 2. The first-order valence-corrected chi connectivity index (χ1v) is 9.86. The first kappa shape index (κ1) is 24.2. The van der Waals surface area contributed by atoms with Gasteiger partial charge in [0, 0.05) is 38.8 Å². The fraction of sp³-hybridized carbons (Fsp3) is 0.667. The summed E-state index contributed by atoms with van der Waals surface area (Å²) in [5.74, 6) is 1.76. The molecule has 2 unspecified atom stereocenters. The SMILES string of the molecule is CN=C(NCCC(C)N(C)Cc1ccccc1)NCC(C1CC1)N(C)C.I. The van der Waals surface area contributed by atoms with E-state index >= 15 is 0 Å². The van der Waals surface area contributed by atoms with E-state index in [1.54, 1.807) is 0 Å². The van der Waals surface area contributed by atoms with Gasteiger partial charge in [0.2, 0.25) is 0 Å². The van der Waals surface area contributed by atoms with Gasteiger partial charge in [-0.25, -0.2) is 0 Å². The highest BCUT2D eigenvalue weighted by Gasteiger charge is 2.32. The van der Waals surface area contributed by atoms with Gasteiger partial charge in [-0.05, 0) is 58.8 Å². The van der Waals surface area contributed by atoms with Crippen molar-refractivity contribution in [3.8, 4) is 0 Å². The van der Waals surface area contributed by atoms with E-state index in [2.05, 4.69) is 83.8 Å². The van der Waals surface area contributed by atoms with Crippen LogP contribution in [0.15, 0.2) is 35.3 Å². The van der Waals surface area contributed by atoms with Crippen LogP contribution in [0.25, 0.3) is 0 Å². The molecule has 2 atom stereocenters. The van der Waals surface area contributed by atoms with E-state index in [-0.39, 0.29) is 24.0 Å². The minimum atomic E-state index is 0. The highest BCUT2D eigenvalue weighted by atomic mass is 127. The van der Waals surface area contributed by atoms with Crippen LogP contribution in [-0.2, 0) is 6.54 Å². The molecule has 0 saturated heterocycles. The molecule has 1 aromatic carbocycles. The van der Waals surface area contributed by atoms with Crippen molar-refractivity contribution in [2.45, 2.75) is 44.8 Å². The van der Waals surface area contributed by atoms with Crippen molar-refractivity contribution < 1.29 is 0 Å². The van der Waals surface area contributed by atoms with Crippen molar-refractivity contribution in [1.82, 2.24) is 20.4 Å². The molecule has 0 heterocycles. The monoisotopic (exact) mass is 487 g/mol. The van der Waals surface area contributed by atoms with Gasteiger partial charge in [-0.2, -0.15) is 0 Å². The number of benzene rings is 1. The number of hydrogen-bond acceptors (Lipinski definition) is 3. The van der Waals surface area contributed by atoms with E-state index in [9.17, 15) is 0 Å². The van der Waals surface area contributed by atoms with Crippen molar-refractivity contribution in [3.05, 3.63) is 35.9 Å². The zero-order valence-corrected chi connectivity index (χ0v) is 19.9. The second kappa shape index (κ2) is 12.6. The Morgan fingerprint density at radius 1 is 1.15 bits per heavy atom. The molecule has 1 aliphatic rings. The lowest BCUT2D eigenvalue weighted by atomic mass is 10.1. The fourth-order valence-electron chi connectivity index (χ4n) is 3.32. The second-order valence-corrected chi connectivity index (χ2v) is 7.79. The fourth-order valence-corrected chi connectivity index (χ4v) is 3.32. The number of hydrogen-bond donors (Lipinski definition) is 2. The Kier molecular flexibility index (Phi) is 11.3. The van der Waals surface area contributed by atoms with Crippen LogP contribution < -0.4 is 10.6 Å². The largest absolute Gasteiger partial charge is 0.356 e. The Morgan fingerprint density at radius 3 is 2.37 bits per heavy atom. The van der Waals surface area contributed by atoms with Crippen LogP contribution >= 0.6 is 24.0 Å². The average Bonchev–Trinajstić information content (AvgIpc) is 3.45. The number of guanidine groups is 1. The van der Waals surface area contributed by atoms with Gasteiger partial charge in [-0.15, -0.1) is 24.0 Å². The Balaban J connectivity index is 0.00000364. The molecule has 0 bridgehead atoms. The molecular weight excluding hydrogens is 449 g/mol. The topological polar surface area (TPSA) is 42.9 Å². The Bertz CT molecular complexity index is 543. The first-order valence-electron chi connectivity index (χ1n) is 9.86. The van der Waals surface area contributed by atoms with Gasteiger partial charge < -0.3 is 15.5 Å². The van der Waals surface area contributed by atoms with Gasteiger partial charge in [-0.3, -0.25) is 9.89 Å². The maximum absolute atomic E-state index is 4.37. The van der Waals surface area contributed by atoms with Crippen LogP contribution in [0.2, 0.25) is 0 Å². The minimum absolute atomic E-state index is 0. The third-order valence-corrected chi connectivity index (χ3v) is 5.41. The summed E-state index contributed by atoms with van der Waals surface area (Å²) in [6, 6.07) is 11.8. The predicted octanol–water partition coefficient (Wildman–Crippen LogP) is 3.02. The van der Waals surface area contributed by atoms with E-state index in [0.717, 1.165) is 37.9 Å². The van der Waals surface area contributed by atoms with Crippen molar-refractivity contribution >= 4 is 29.9 Å². The van der Waals surface area contributed by atoms with Crippen LogP contribution in [0.5, 0.6) is 0 Å². The van der Waals surface area contributed by atoms with E-state index in [1.165, 1.54) is 18.4 Å². The molecule has 6 heteroatoms. The van der Waals surface area contributed by atoms with Crippen LogP contribution in [0.4, 0.5) is 0 Å². The average molecular weight is 487 g/mol. The summed E-state index contributed by atoms with van der Waals surface area (Å²) in [7, 11) is 8.39. The summed E-state index contributed by atoms with van der Waals surface area (Å²) >= 11 is 0. The Morgan fingerprint density at radius 2 is 1.81 bits per heavy atom. The molecule has 0 aliphatic heterocycles. The lowest BCUT2D eigenvalue weighted by Gasteiger charge is -2.26. The molecule has 27 heavy (non-hydrogen) atoms. The summed E-state index contributed by atoms with van der Waals surface area (Å²) in [5.41, 5.74) is 1.36. The standard InChI is InChI=1S/C21H37N5.HI/c1-17(26(5)16-18-9-7-6-8-10-18)13-14-23-21(22-2)24-15-20(25(3)4)19-11-12-19;/h6-10,17,19-20H,11-16H2,1-5H3,(H2,22,23,24);1H. The molecule has 154 valence electrons. The quantitative estimate of drug-likeness (QED) is 0.303. The van der Waals surface area contributed by atoms with Crippen molar-refractivity contribution in [3.63, 3.8) is 0 Å². The van der Waals surface area contributed by atoms with E-state index in [4.69, 9.17) is 0 Å². The highest BCUT2D eigenvalue weighted by molar-refractivity contribution is 14.0. The number of rotatable bonds is 10. The normalized spacial score (nSPS) is 16.8. The van der Waals surface area contributed by atoms with E-state index in [1.807, 2.05) is 7.05 Å². The van der Waals surface area contributed by atoms with Crippen LogP contribution in [0.3, 0.4) is 0 Å². The van der Waals surface area contributed by atoms with Gasteiger partial charge in [0.1, 0.15) is 0 Å². The molecule has 0 radical (unpaired) electrons. The maximum atomic E-state index is 4.37. The van der Waals surface area contributed by atoms with Gasteiger partial charge in [-0.1, -0.05) is 30.3 Å². The number of aliphatic imine (C=N–C) groups is 1. The molecule has 1 aliphatic carbocycles. The number of halogens is 1. The number of nitrogens with zero attached hydrogens (tertiary/aromatic N) is 3. The molecule has 2 rings (SSSR count). The molecule has 0 spiro atoms. The van der Waals surface area contributed by atoms with Crippen molar-refractivity contribution in [2.75, 3.05) is 41.3 Å². The van der Waals surface area contributed by atoms with Gasteiger partial charge in [0.25, 0.3) is 0 Å². The van der Waals surface area contributed by atoms with Crippen LogP contribution in [-0.4, -0.2) is 69.1 Å². The minimum Gasteiger partial charge on any atom is -0.356 e. The van der Waals surface area contributed by atoms with Gasteiger partial charge in [0.15, 0.2) is 5.96 Å². The summed E-state index contributed by atoms with van der Waals surface area (Å²) in [6.07, 6.45) is 3.81. The lowest BCUT2D eigenvalue weighted by molar-refractivity contribution is 0.238. The third-order valence-electron chi connectivity index (χ3n) is 5.41. The summed E-state index contributed by atoms with van der Waals surface area (Å²) in [4.78, 5) is 9.11. The summed E-state index contributed by atoms with van der Waals surface area (Å²) < 4.78 is 0. The maximum Gasteiger partial charge on any atom is 0.191 e. The molecule has 1 fully saturated rings. The second-order valence-electron chi connectivity index (χ2n) is 7.79.